The molecule has 8 nitrogen and oxygen atoms in total. The van der Waals surface area contributed by atoms with Crippen LogP contribution in [0.25, 0.3) is 0 Å². The number of alkyl halides is 3. The van der Waals surface area contributed by atoms with Gasteiger partial charge >= 0.3 is 18.2 Å². The minimum absolute atomic E-state index is 0.143. The smallest absolute Gasteiger partial charge is 0.475 e. The van der Waals surface area contributed by atoms with E-state index >= 15 is 0 Å². The molecule has 2 fully saturated rings. The predicted molar refractivity (Wildman–Crippen MR) is 99.5 cm³/mol. The number of carbonyl (C=O) groups excluding carboxylic acids is 1. The molecule has 29 heavy (non-hydrogen) atoms. The van der Waals surface area contributed by atoms with Crippen molar-refractivity contribution >= 4 is 17.9 Å². The third kappa shape index (κ3) is 6.20. The van der Waals surface area contributed by atoms with Crippen LogP contribution in [0.2, 0.25) is 0 Å². The van der Waals surface area contributed by atoms with E-state index in [1.54, 1.807) is 17.3 Å². The summed E-state index contributed by atoms with van der Waals surface area (Å²) in [6, 6.07) is 2.00. The third-order valence-electron chi connectivity index (χ3n) is 5.38. The van der Waals surface area contributed by atoms with Crippen LogP contribution in [0.1, 0.15) is 25.7 Å². The van der Waals surface area contributed by atoms with Crippen molar-refractivity contribution in [2.75, 3.05) is 45.2 Å². The molecule has 162 valence electrons. The standard InChI is InChI=1S/C16H25N5O.C2HF3O2/c1-19(2)15(22)21-12-6-16(7-13-21)4-10-20(11-5-16)14-17-8-3-9-18-14;3-2(4,5)1(6)7/h3,8-9H,4-7,10-13H2,1-2H3;(H,6,7). The van der Waals surface area contributed by atoms with E-state index in [0.29, 0.717) is 5.41 Å². The molecular formula is C18H26F3N5O3. The number of anilines is 1. The number of halogens is 3. The minimum atomic E-state index is -5.08. The van der Waals surface area contributed by atoms with E-state index in [0.717, 1.165) is 45.0 Å². The van der Waals surface area contributed by atoms with Gasteiger partial charge in [0.2, 0.25) is 5.95 Å². The lowest BCUT2D eigenvalue weighted by molar-refractivity contribution is -0.192. The van der Waals surface area contributed by atoms with Gasteiger partial charge in [-0.05, 0) is 37.2 Å². The fraction of sp³-hybridized carbons (Fsp3) is 0.667. The SMILES string of the molecule is CN(C)C(=O)N1CCC2(CC1)CCN(c1ncccn1)CC2.O=C(O)C(F)(F)F. The van der Waals surface area contributed by atoms with E-state index in [2.05, 4.69) is 14.9 Å². The molecule has 2 aliphatic rings. The number of aromatic nitrogens is 2. The summed E-state index contributed by atoms with van der Waals surface area (Å²) in [5.41, 5.74) is 0.411. The number of nitrogens with zero attached hydrogens (tertiary/aromatic N) is 5. The van der Waals surface area contributed by atoms with Crippen molar-refractivity contribution in [1.82, 2.24) is 19.8 Å². The lowest BCUT2D eigenvalue weighted by Crippen LogP contribution is -2.50. The van der Waals surface area contributed by atoms with Crippen LogP contribution in [0.3, 0.4) is 0 Å². The zero-order valence-electron chi connectivity index (χ0n) is 16.5. The number of hydrogen-bond acceptors (Lipinski definition) is 5. The minimum Gasteiger partial charge on any atom is -0.475 e. The molecule has 11 heteroatoms. The highest BCUT2D eigenvalue weighted by molar-refractivity contribution is 5.74. The molecule has 0 bridgehead atoms. The molecule has 0 saturated carbocycles. The number of urea groups is 1. The number of hydrogen-bond donors (Lipinski definition) is 1. The highest BCUT2D eigenvalue weighted by atomic mass is 19.4. The summed E-state index contributed by atoms with van der Waals surface area (Å²) in [6.45, 7) is 3.81. The number of rotatable bonds is 1. The molecule has 2 amide bonds. The Morgan fingerprint density at radius 1 is 1.03 bits per heavy atom. The maximum Gasteiger partial charge on any atom is 0.490 e. The third-order valence-corrected chi connectivity index (χ3v) is 5.38. The van der Waals surface area contributed by atoms with E-state index in [-0.39, 0.29) is 6.03 Å². The van der Waals surface area contributed by atoms with E-state index in [9.17, 15) is 18.0 Å². The van der Waals surface area contributed by atoms with Gasteiger partial charge in [0.1, 0.15) is 0 Å². The van der Waals surface area contributed by atoms with Crippen molar-refractivity contribution in [3.8, 4) is 0 Å². The van der Waals surface area contributed by atoms with E-state index in [1.165, 1.54) is 12.8 Å². The molecule has 0 aromatic carbocycles. The molecule has 3 heterocycles. The van der Waals surface area contributed by atoms with Crippen LogP contribution in [0.5, 0.6) is 0 Å². The van der Waals surface area contributed by atoms with Crippen LogP contribution >= 0.6 is 0 Å². The number of aliphatic carboxylic acids is 1. The maximum atomic E-state index is 12.0. The summed E-state index contributed by atoms with van der Waals surface area (Å²) in [6.07, 6.45) is 3.12. The predicted octanol–water partition coefficient (Wildman–Crippen LogP) is 2.47. The molecule has 0 aliphatic carbocycles. The Balaban J connectivity index is 0.000000370. The van der Waals surface area contributed by atoms with Gasteiger partial charge in [-0.15, -0.1) is 0 Å². The van der Waals surface area contributed by atoms with Gasteiger partial charge in [0.05, 0.1) is 0 Å². The summed E-state index contributed by atoms with van der Waals surface area (Å²) in [4.78, 5) is 35.6. The Hall–Kier alpha value is -2.59. The number of carboxylic acids is 1. The van der Waals surface area contributed by atoms with Gasteiger partial charge in [-0.2, -0.15) is 13.2 Å². The van der Waals surface area contributed by atoms with Crippen molar-refractivity contribution in [3.05, 3.63) is 18.5 Å². The lowest BCUT2D eigenvalue weighted by atomic mass is 9.71. The van der Waals surface area contributed by atoms with Gasteiger partial charge in [-0.25, -0.2) is 19.6 Å². The molecule has 3 rings (SSSR count). The summed E-state index contributed by atoms with van der Waals surface area (Å²) in [5.74, 6) is -1.91. The summed E-state index contributed by atoms with van der Waals surface area (Å²) < 4.78 is 31.7. The first-order chi connectivity index (χ1) is 13.5. The zero-order chi connectivity index (χ0) is 21.7. The van der Waals surface area contributed by atoms with Crippen molar-refractivity contribution in [2.45, 2.75) is 31.9 Å². The Labute approximate surface area is 167 Å². The van der Waals surface area contributed by atoms with Crippen LogP contribution < -0.4 is 4.90 Å². The van der Waals surface area contributed by atoms with Gasteiger partial charge in [0.15, 0.2) is 0 Å². The molecule has 1 spiro atoms. The normalized spacial score (nSPS) is 18.7. The second-order valence-corrected chi connectivity index (χ2v) is 7.50. The number of likely N-dealkylation sites (tertiary alicyclic amines) is 1. The van der Waals surface area contributed by atoms with Gasteiger partial charge in [-0.1, -0.05) is 0 Å². The number of amides is 2. The van der Waals surface area contributed by atoms with Gasteiger partial charge < -0.3 is 19.8 Å². The second kappa shape index (κ2) is 9.27. The Bertz CT molecular complexity index is 682. The Morgan fingerprint density at radius 3 is 1.90 bits per heavy atom. The highest BCUT2D eigenvalue weighted by Gasteiger charge is 2.39. The van der Waals surface area contributed by atoms with Crippen molar-refractivity contribution in [1.29, 1.82) is 0 Å². The van der Waals surface area contributed by atoms with Crippen LogP contribution in [-0.2, 0) is 4.79 Å². The average molecular weight is 417 g/mol. The monoisotopic (exact) mass is 417 g/mol. The molecule has 0 atom stereocenters. The van der Waals surface area contributed by atoms with Crippen molar-refractivity contribution < 1.29 is 27.9 Å². The van der Waals surface area contributed by atoms with Gasteiger partial charge in [0, 0.05) is 52.7 Å². The largest absolute Gasteiger partial charge is 0.490 e. The Morgan fingerprint density at radius 2 is 1.48 bits per heavy atom. The van der Waals surface area contributed by atoms with Crippen molar-refractivity contribution in [2.24, 2.45) is 5.41 Å². The van der Waals surface area contributed by atoms with Crippen LogP contribution in [0, 0.1) is 5.41 Å². The first-order valence-electron chi connectivity index (χ1n) is 9.32. The fourth-order valence-electron chi connectivity index (χ4n) is 3.59. The highest BCUT2D eigenvalue weighted by Crippen LogP contribution is 2.41. The summed E-state index contributed by atoms with van der Waals surface area (Å²) in [7, 11) is 3.65. The van der Waals surface area contributed by atoms with E-state index in [4.69, 9.17) is 9.90 Å². The second-order valence-electron chi connectivity index (χ2n) is 7.50. The van der Waals surface area contributed by atoms with Gasteiger partial charge in [-0.3, -0.25) is 0 Å². The molecular weight excluding hydrogens is 391 g/mol. The topological polar surface area (TPSA) is 89.9 Å². The average Bonchev–Trinajstić information content (AvgIpc) is 2.69. The van der Waals surface area contributed by atoms with Gasteiger partial charge in [0.25, 0.3) is 0 Å². The number of carboxylic acid groups (broad SMARTS) is 1. The molecule has 1 aromatic heterocycles. The molecule has 1 N–H and O–H groups in total. The van der Waals surface area contributed by atoms with Crippen LogP contribution in [0.15, 0.2) is 18.5 Å². The summed E-state index contributed by atoms with van der Waals surface area (Å²) >= 11 is 0. The van der Waals surface area contributed by atoms with E-state index < -0.39 is 12.1 Å². The lowest BCUT2D eigenvalue weighted by Gasteiger charge is -2.47. The molecule has 0 unspecified atom stereocenters. The fourth-order valence-corrected chi connectivity index (χ4v) is 3.59. The van der Waals surface area contributed by atoms with Crippen LogP contribution in [-0.4, -0.2) is 83.3 Å². The number of carbonyl (C=O) groups is 2. The van der Waals surface area contributed by atoms with E-state index in [1.807, 2.05) is 25.1 Å². The summed E-state index contributed by atoms with van der Waals surface area (Å²) in [5, 5.41) is 7.12. The Kier molecular flexibility index (Phi) is 7.26. The maximum absolute atomic E-state index is 12.0. The molecule has 1 aromatic rings. The first kappa shape index (κ1) is 22.7. The molecule has 0 radical (unpaired) electrons. The van der Waals surface area contributed by atoms with Crippen LogP contribution in [0.4, 0.5) is 23.9 Å². The zero-order valence-corrected chi connectivity index (χ0v) is 16.5. The number of piperidine rings is 2. The molecule has 2 saturated heterocycles. The molecule has 2 aliphatic heterocycles. The quantitative estimate of drug-likeness (QED) is 0.755. The first-order valence-corrected chi connectivity index (χ1v) is 9.32. The van der Waals surface area contributed by atoms with Crippen molar-refractivity contribution in [3.63, 3.8) is 0 Å².